The van der Waals surface area contributed by atoms with E-state index in [1.165, 1.54) is 0 Å². The first-order valence-electron chi connectivity index (χ1n) is 6.18. The van der Waals surface area contributed by atoms with Gasteiger partial charge in [0.2, 0.25) is 0 Å². The van der Waals surface area contributed by atoms with Crippen LogP contribution in [0.2, 0.25) is 5.02 Å². The zero-order valence-electron chi connectivity index (χ0n) is 11.3. The normalized spacial score (nSPS) is 11.7. The van der Waals surface area contributed by atoms with Gasteiger partial charge in [-0.25, -0.2) is 4.98 Å². The summed E-state index contributed by atoms with van der Waals surface area (Å²) in [5.41, 5.74) is 7.45. The van der Waals surface area contributed by atoms with Crippen molar-refractivity contribution in [2.24, 2.45) is 0 Å². The highest BCUT2D eigenvalue weighted by molar-refractivity contribution is 6.30. The minimum absolute atomic E-state index is 0.106. The van der Waals surface area contributed by atoms with Crippen molar-refractivity contribution < 1.29 is 0 Å². The number of rotatable bonds is 3. The molecule has 2 rings (SSSR count). The molecule has 1 aromatic heterocycles. The first-order valence-corrected chi connectivity index (χ1v) is 6.55. The predicted molar refractivity (Wildman–Crippen MR) is 81.6 cm³/mol. The highest BCUT2D eigenvalue weighted by atomic mass is 35.5. The second-order valence-corrected chi connectivity index (χ2v) is 4.99. The number of pyridine rings is 1. The Kier molecular flexibility index (Phi) is 4.11. The van der Waals surface area contributed by atoms with Gasteiger partial charge < -0.3 is 10.6 Å². The van der Waals surface area contributed by atoms with Crippen molar-refractivity contribution in [3.8, 4) is 6.07 Å². The molecule has 2 N–H and O–H groups in total. The van der Waals surface area contributed by atoms with Crippen LogP contribution in [-0.4, -0.2) is 12.0 Å². The summed E-state index contributed by atoms with van der Waals surface area (Å²) < 4.78 is 0. The lowest BCUT2D eigenvalue weighted by Crippen LogP contribution is -2.23. The van der Waals surface area contributed by atoms with E-state index in [2.05, 4.69) is 11.9 Å². The van der Waals surface area contributed by atoms with E-state index in [4.69, 9.17) is 22.6 Å². The van der Waals surface area contributed by atoms with Gasteiger partial charge >= 0.3 is 0 Å². The smallest absolute Gasteiger partial charge is 0.165 e. The van der Waals surface area contributed by atoms with Crippen molar-refractivity contribution in [2.45, 2.75) is 13.0 Å². The van der Waals surface area contributed by atoms with E-state index in [9.17, 15) is 0 Å². The monoisotopic (exact) mass is 286 g/mol. The Bertz CT molecular complexity index is 646. The molecule has 0 fully saturated rings. The molecule has 1 unspecified atom stereocenters. The molecule has 0 aliphatic heterocycles. The van der Waals surface area contributed by atoms with Gasteiger partial charge in [0, 0.05) is 12.1 Å². The molecular formula is C15H15ClN4. The van der Waals surface area contributed by atoms with E-state index in [1.807, 2.05) is 48.3 Å². The molecule has 0 amide bonds. The summed E-state index contributed by atoms with van der Waals surface area (Å²) >= 11 is 5.89. The first kappa shape index (κ1) is 14.2. The van der Waals surface area contributed by atoms with Gasteiger partial charge in [-0.05, 0) is 36.8 Å². The maximum absolute atomic E-state index is 8.99. The number of hydrogen-bond donors (Lipinski definition) is 1. The Balaban J connectivity index is 2.29. The van der Waals surface area contributed by atoms with Gasteiger partial charge in [-0.15, -0.1) is 0 Å². The number of nitrogens with two attached hydrogens (primary N) is 1. The van der Waals surface area contributed by atoms with Crippen molar-refractivity contribution in [2.75, 3.05) is 17.7 Å². The molecule has 0 spiro atoms. The van der Waals surface area contributed by atoms with E-state index in [0.29, 0.717) is 16.5 Å². The molecular weight excluding hydrogens is 272 g/mol. The van der Waals surface area contributed by atoms with Gasteiger partial charge in [0.05, 0.1) is 11.7 Å². The van der Waals surface area contributed by atoms with E-state index in [-0.39, 0.29) is 11.7 Å². The molecule has 20 heavy (non-hydrogen) atoms. The molecule has 0 saturated heterocycles. The zero-order valence-corrected chi connectivity index (χ0v) is 12.1. The average molecular weight is 287 g/mol. The number of halogens is 1. The standard InChI is InChI=1S/C15H15ClN4/c1-10(11-3-5-12(16)6-4-11)20(2)15-8-7-13(18)14(9-17)19-15/h3-8,10H,18H2,1-2H3. The van der Waals surface area contributed by atoms with Crippen molar-refractivity contribution in [1.82, 2.24) is 4.98 Å². The highest BCUT2D eigenvalue weighted by Crippen LogP contribution is 2.26. The summed E-state index contributed by atoms with van der Waals surface area (Å²) in [6, 6.07) is 13.3. The fourth-order valence-corrected chi connectivity index (χ4v) is 2.03. The van der Waals surface area contributed by atoms with Gasteiger partial charge in [-0.2, -0.15) is 5.26 Å². The molecule has 0 aliphatic carbocycles. The molecule has 0 aliphatic rings. The van der Waals surface area contributed by atoms with Gasteiger partial charge in [0.1, 0.15) is 11.9 Å². The fourth-order valence-electron chi connectivity index (χ4n) is 1.91. The van der Waals surface area contributed by atoms with E-state index in [1.54, 1.807) is 6.07 Å². The molecule has 2 aromatic rings. The third-order valence-electron chi connectivity index (χ3n) is 3.31. The topological polar surface area (TPSA) is 65.9 Å². The molecule has 102 valence electrons. The second kappa shape index (κ2) is 5.81. The summed E-state index contributed by atoms with van der Waals surface area (Å²) in [6.45, 7) is 2.06. The quantitative estimate of drug-likeness (QED) is 0.939. The molecule has 0 radical (unpaired) electrons. The summed E-state index contributed by atoms with van der Waals surface area (Å²) in [4.78, 5) is 6.26. The molecule has 5 heteroatoms. The Labute approximate surface area is 123 Å². The van der Waals surface area contributed by atoms with Crippen LogP contribution in [0.1, 0.15) is 24.2 Å². The first-order chi connectivity index (χ1) is 9.52. The van der Waals surface area contributed by atoms with Crippen molar-refractivity contribution in [3.63, 3.8) is 0 Å². The zero-order chi connectivity index (χ0) is 14.7. The van der Waals surface area contributed by atoms with Gasteiger partial charge in [-0.1, -0.05) is 23.7 Å². The van der Waals surface area contributed by atoms with Crippen molar-refractivity contribution >= 4 is 23.1 Å². The predicted octanol–water partition coefficient (Wildman–Crippen LogP) is 3.39. The average Bonchev–Trinajstić information content (AvgIpc) is 2.47. The third-order valence-corrected chi connectivity index (χ3v) is 3.56. The van der Waals surface area contributed by atoms with Crippen molar-refractivity contribution in [3.05, 3.63) is 52.7 Å². The fraction of sp³-hybridized carbons (Fsp3) is 0.200. The summed E-state index contributed by atoms with van der Waals surface area (Å²) in [7, 11) is 1.93. The minimum atomic E-state index is 0.106. The van der Waals surface area contributed by atoms with Gasteiger partial charge in [0.25, 0.3) is 0 Å². The number of hydrogen-bond acceptors (Lipinski definition) is 4. The number of anilines is 2. The maximum atomic E-state index is 8.99. The Hall–Kier alpha value is -2.25. The van der Waals surface area contributed by atoms with Crippen LogP contribution in [0.3, 0.4) is 0 Å². The second-order valence-electron chi connectivity index (χ2n) is 4.56. The SMILES string of the molecule is CC(c1ccc(Cl)cc1)N(C)c1ccc(N)c(C#N)n1. The summed E-state index contributed by atoms with van der Waals surface area (Å²) in [5.74, 6) is 0.707. The molecule has 1 heterocycles. The number of benzene rings is 1. The minimum Gasteiger partial charge on any atom is -0.396 e. The van der Waals surface area contributed by atoms with E-state index < -0.39 is 0 Å². The summed E-state index contributed by atoms with van der Waals surface area (Å²) in [6.07, 6.45) is 0. The number of nitriles is 1. The molecule has 1 atom stereocenters. The van der Waals surface area contributed by atoms with Gasteiger partial charge in [0.15, 0.2) is 5.69 Å². The lowest BCUT2D eigenvalue weighted by atomic mass is 10.1. The molecule has 1 aromatic carbocycles. The van der Waals surface area contributed by atoms with Crippen LogP contribution in [0.15, 0.2) is 36.4 Å². The van der Waals surface area contributed by atoms with Crippen LogP contribution in [0.5, 0.6) is 0 Å². The van der Waals surface area contributed by atoms with Gasteiger partial charge in [-0.3, -0.25) is 0 Å². The molecule has 0 bridgehead atoms. The van der Waals surface area contributed by atoms with Crippen LogP contribution in [-0.2, 0) is 0 Å². The van der Waals surface area contributed by atoms with Crippen LogP contribution < -0.4 is 10.6 Å². The highest BCUT2D eigenvalue weighted by Gasteiger charge is 2.14. The number of nitrogens with zero attached hydrogens (tertiary/aromatic N) is 3. The van der Waals surface area contributed by atoms with Crippen molar-refractivity contribution in [1.29, 1.82) is 5.26 Å². The largest absolute Gasteiger partial charge is 0.396 e. The van der Waals surface area contributed by atoms with Crippen LogP contribution >= 0.6 is 11.6 Å². The maximum Gasteiger partial charge on any atom is 0.165 e. The molecule has 0 saturated carbocycles. The lowest BCUT2D eigenvalue weighted by Gasteiger charge is -2.26. The number of aromatic nitrogens is 1. The van der Waals surface area contributed by atoms with Crippen LogP contribution in [0, 0.1) is 11.3 Å². The third kappa shape index (κ3) is 2.84. The molecule has 4 nitrogen and oxygen atoms in total. The lowest BCUT2D eigenvalue weighted by molar-refractivity contribution is 0.728. The summed E-state index contributed by atoms with van der Waals surface area (Å²) in [5, 5.41) is 9.69. The van der Waals surface area contributed by atoms with Crippen LogP contribution in [0.4, 0.5) is 11.5 Å². The van der Waals surface area contributed by atoms with E-state index >= 15 is 0 Å². The Morgan fingerprint density at radius 1 is 1.25 bits per heavy atom. The number of nitrogen functional groups attached to an aromatic ring is 1. The van der Waals surface area contributed by atoms with Crippen LogP contribution in [0.25, 0.3) is 0 Å². The van der Waals surface area contributed by atoms with E-state index in [0.717, 1.165) is 5.56 Å². The Morgan fingerprint density at radius 3 is 2.50 bits per heavy atom. The Morgan fingerprint density at radius 2 is 1.90 bits per heavy atom.